The van der Waals surface area contributed by atoms with Crippen LogP contribution in [0.5, 0.6) is 5.75 Å². The molecule has 0 heterocycles. The molecule has 8 nitrogen and oxygen atoms in total. The molecular formula is C32H45N3O5. The largest absolute Gasteiger partial charge is 0.508 e. The molecule has 0 aliphatic rings. The number of nitrogens with one attached hydrogen (secondary N) is 2. The fourth-order valence-corrected chi connectivity index (χ4v) is 4.38. The average Bonchev–Trinajstić information content (AvgIpc) is 2.88. The normalized spacial score (nSPS) is 12.7. The number of unbranched alkanes of at least 4 members (excludes halogenated alkanes) is 2. The second-order valence-electron chi connectivity index (χ2n) is 11.0. The number of aryl methyl sites for hydroxylation is 1. The van der Waals surface area contributed by atoms with Gasteiger partial charge in [-0.05, 0) is 75.4 Å². The molecule has 0 aliphatic heterocycles. The Morgan fingerprint density at radius 2 is 1.75 bits per heavy atom. The van der Waals surface area contributed by atoms with E-state index in [0.29, 0.717) is 12.1 Å². The van der Waals surface area contributed by atoms with E-state index in [1.54, 1.807) is 39.0 Å². The fourth-order valence-electron chi connectivity index (χ4n) is 4.38. The first kappa shape index (κ1) is 32.4. The number of hydrogen-bond acceptors (Lipinski definition) is 5. The lowest BCUT2D eigenvalue weighted by Gasteiger charge is -2.34. The molecule has 2 rings (SSSR count). The van der Waals surface area contributed by atoms with Crippen molar-refractivity contribution in [1.82, 2.24) is 15.5 Å². The van der Waals surface area contributed by atoms with Crippen molar-refractivity contribution in [3.05, 3.63) is 77.4 Å². The SMILES string of the molecule is C=CCN(C(=O)C(Cc1ccc(O)cc1)NC(=O)OC(C)(C)C)C(C(=O)NCCCCC)c1cccc(C)c1C. The number of alkyl carbamates (subject to hydrolysis) is 1. The number of phenols is 1. The summed E-state index contributed by atoms with van der Waals surface area (Å²) in [7, 11) is 0. The van der Waals surface area contributed by atoms with Crippen molar-refractivity contribution in [3.8, 4) is 5.75 Å². The highest BCUT2D eigenvalue weighted by atomic mass is 16.6. The molecule has 2 atom stereocenters. The maximum Gasteiger partial charge on any atom is 0.408 e. The minimum Gasteiger partial charge on any atom is -0.508 e. The van der Waals surface area contributed by atoms with Crippen molar-refractivity contribution < 1.29 is 24.2 Å². The Labute approximate surface area is 238 Å². The van der Waals surface area contributed by atoms with Gasteiger partial charge in [-0.2, -0.15) is 0 Å². The quantitative estimate of drug-likeness (QED) is 0.225. The third-order valence-electron chi connectivity index (χ3n) is 6.55. The van der Waals surface area contributed by atoms with Gasteiger partial charge in [-0.1, -0.05) is 56.2 Å². The zero-order valence-electron chi connectivity index (χ0n) is 24.8. The average molecular weight is 552 g/mol. The zero-order chi connectivity index (χ0) is 29.9. The summed E-state index contributed by atoms with van der Waals surface area (Å²) in [6.45, 7) is 15.6. The molecule has 2 aromatic rings. The summed E-state index contributed by atoms with van der Waals surface area (Å²) in [6.07, 6.45) is 3.80. The first-order valence-corrected chi connectivity index (χ1v) is 13.9. The maximum atomic E-state index is 14.3. The molecule has 0 fully saturated rings. The van der Waals surface area contributed by atoms with Crippen LogP contribution in [-0.2, 0) is 20.7 Å². The monoisotopic (exact) mass is 551 g/mol. The van der Waals surface area contributed by atoms with E-state index in [1.165, 1.54) is 17.0 Å². The number of ether oxygens (including phenoxy) is 1. The van der Waals surface area contributed by atoms with Gasteiger partial charge in [0.05, 0.1) is 0 Å². The van der Waals surface area contributed by atoms with Gasteiger partial charge in [-0.3, -0.25) is 9.59 Å². The van der Waals surface area contributed by atoms with E-state index >= 15 is 0 Å². The minimum atomic E-state index is -1.04. The van der Waals surface area contributed by atoms with Crippen LogP contribution in [0.25, 0.3) is 0 Å². The number of amides is 3. The van der Waals surface area contributed by atoms with Crippen molar-refractivity contribution >= 4 is 17.9 Å². The van der Waals surface area contributed by atoms with Gasteiger partial charge >= 0.3 is 6.09 Å². The summed E-state index contributed by atoms with van der Waals surface area (Å²) in [6, 6.07) is 10.1. The highest BCUT2D eigenvalue weighted by Gasteiger charge is 2.36. The van der Waals surface area contributed by atoms with Crippen LogP contribution in [-0.4, -0.2) is 52.6 Å². The Balaban J connectivity index is 2.54. The number of hydrogen-bond donors (Lipinski definition) is 3. The number of aromatic hydroxyl groups is 1. The summed E-state index contributed by atoms with van der Waals surface area (Å²) >= 11 is 0. The molecule has 0 saturated carbocycles. The van der Waals surface area contributed by atoms with E-state index in [9.17, 15) is 19.5 Å². The Morgan fingerprint density at radius 1 is 1.07 bits per heavy atom. The predicted octanol–water partition coefficient (Wildman–Crippen LogP) is 5.51. The highest BCUT2D eigenvalue weighted by Crippen LogP contribution is 2.28. The molecule has 2 aromatic carbocycles. The molecule has 0 bridgehead atoms. The van der Waals surface area contributed by atoms with E-state index in [4.69, 9.17) is 4.74 Å². The molecule has 0 aliphatic carbocycles. The minimum absolute atomic E-state index is 0.0847. The molecule has 3 N–H and O–H groups in total. The van der Waals surface area contributed by atoms with Gasteiger partial charge in [0.2, 0.25) is 11.8 Å². The first-order valence-electron chi connectivity index (χ1n) is 13.9. The fraction of sp³-hybridized carbons (Fsp3) is 0.469. The summed E-state index contributed by atoms with van der Waals surface area (Å²) in [5.74, 6) is -0.649. The Bertz CT molecular complexity index is 1150. The molecule has 3 amide bonds. The van der Waals surface area contributed by atoms with E-state index in [2.05, 4.69) is 24.1 Å². The number of carbonyl (C=O) groups is 3. The first-order chi connectivity index (χ1) is 18.9. The van der Waals surface area contributed by atoms with E-state index in [0.717, 1.165) is 36.0 Å². The number of nitrogens with zero attached hydrogens (tertiary/aromatic N) is 1. The molecular weight excluding hydrogens is 506 g/mol. The lowest BCUT2D eigenvalue weighted by molar-refractivity contribution is -0.141. The van der Waals surface area contributed by atoms with Crippen LogP contribution in [0.1, 0.15) is 75.3 Å². The van der Waals surface area contributed by atoms with Crippen molar-refractivity contribution in [2.24, 2.45) is 0 Å². The molecule has 8 heteroatoms. The maximum absolute atomic E-state index is 14.3. The molecule has 2 unspecified atom stereocenters. The zero-order valence-corrected chi connectivity index (χ0v) is 24.8. The third-order valence-corrected chi connectivity index (χ3v) is 6.55. The predicted molar refractivity (Wildman–Crippen MR) is 158 cm³/mol. The van der Waals surface area contributed by atoms with Gasteiger partial charge < -0.3 is 25.4 Å². The van der Waals surface area contributed by atoms with Crippen molar-refractivity contribution in [2.75, 3.05) is 13.1 Å². The molecule has 40 heavy (non-hydrogen) atoms. The number of carbonyl (C=O) groups excluding carboxylic acids is 3. The Morgan fingerprint density at radius 3 is 2.35 bits per heavy atom. The summed E-state index contributed by atoms with van der Waals surface area (Å²) in [5.41, 5.74) is 2.58. The Kier molecular flexibility index (Phi) is 12.2. The summed E-state index contributed by atoms with van der Waals surface area (Å²) in [5, 5.41) is 15.5. The van der Waals surface area contributed by atoms with Crippen LogP contribution in [0.3, 0.4) is 0 Å². The van der Waals surface area contributed by atoms with Gasteiger partial charge in [0.25, 0.3) is 0 Å². The standard InChI is InChI=1S/C32H45N3O5/c1-8-10-11-19-33-29(37)28(26-14-12-13-22(3)23(26)4)35(20-9-2)30(38)27(34-31(39)40-32(5,6)7)21-24-15-17-25(36)18-16-24/h9,12-18,27-28,36H,2,8,10-11,19-21H2,1,3-7H3,(H,33,37)(H,34,39). The van der Waals surface area contributed by atoms with Gasteiger partial charge in [0, 0.05) is 19.5 Å². The van der Waals surface area contributed by atoms with Gasteiger partial charge in [-0.15, -0.1) is 6.58 Å². The lowest BCUT2D eigenvalue weighted by Crippen LogP contribution is -2.54. The van der Waals surface area contributed by atoms with Crippen LogP contribution in [0.2, 0.25) is 0 Å². The summed E-state index contributed by atoms with van der Waals surface area (Å²) < 4.78 is 5.46. The lowest BCUT2D eigenvalue weighted by atomic mass is 9.94. The number of phenolic OH excluding ortho intramolecular Hbond substituents is 1. The van der Waals surface area contributed by atoms with Crippen LogP contribution in [0.15, 0.2) is 55.1 Å². The van der Waals surface area contributed by atoms with Crippen LogP contribution in [0.4, 0.5) is 4.79 Å². The molecule has 0 radical (unpaired) electrons. The van der Waals surface area contributed by atoms with Crippen molar-refractivity contribution in [2.45, 2.75) is 84.9 Å². The molecule has 0 spiro atoms. The smallest absolute Gasteiger partial charge is 0.408 e. The summed E-state index contributed by atoms with van der Waals surface area (Å²) in [4.78, 5) is 42.3. The van der Waals surface area contributed by atoms with Crippen molar-refractivity contribution in [1.29, 1.82) is 0 Å². The van der Waals surface area contributed by atoms with E-state index < -0.39 is 29.7 Å². The molecule has 0 aromatic heterocycles. The highest BCUT2D eigenvalue weighted by molar-refractivity contribution is 5.92. The number of benzene rings is 2. The van der Waals surface area contributed by atoms with Crippen molar-refractivity contribution in [3.63, 3.8) is 0 Å². The van der Waals surface area contributed by atoms with E-state index in [1.807, 2.05) is 32.0 Å². The molecule has 218 valence electrons. The topological polar surface area (TPSA) is 108 Å². The van der Waals surface area contributed by atoms with Crippen LogP contribution in [0, 0.1) is 13.8 Å². The van der Waals surface area contributed by atoms with E-state index in [-0.39, 0.29) is 24.6 Å². The second-order valence-corrected chi connectivity index (χ2v) is 11.0. The number of rotatable bonds is 13. The van der Waals surface area contributed by atoms with Gasteiger partial charge in [-0.25, -0.2) is 4.79 Å². The van der Waals surface area contributed by atoms with Gasteiger partial charge in [0.1, 0.15) is 23.4 Å². The van der Waals surface area contributed by atoms with Crippen LogP contribution < -0.4 is 10.6 Å². The Hall–Kier alpha value is -3.81. The van der Waals surface area contributed by atoms with Gasteiger partial charge in [0.15, 0.2) is 0 Å². The second kappa shape index (κ2) is 15.1. The third kappa shape index (κ3) is 9.74. The molecule has 0 saturated heterocycles. The van der Waals surface area contributed by atoms with Crippen LogP contribution >= 0.6 is 0 Å².